The summed E-state index contributed by atoms with van der Waals surface area (Å²) in [5.41, 5.74) is 4.53. The van der Waals surface area contributed by atoms with Crippen LogP contribution in [0.1, 0.15) is 49.7 Å². The fraction of sp³-hybridized carbons (Fsp3) is 0.520. The fourth-order valence-corrected chi connectivity index (χ4v) is 6.42. The zero-order valence-corrected chi connectivity index (χ0v) is 16.7. The molecule has 0 aromatic heterocycles. The molecule has 3 aliphatic rings. The Bertz CT molecular complexity index is 821. The number of para-hydroxylation sites is 1. The normalized spacial score (nSPS) is 29.0. The van der Waals surface area contributed by atoms with Crippen molar-refractivity contribution in [2.45, 2.75) is 56.4 Å². The summed E-state index contributed by atoms with van der Waals surface area (Å²) < 4.78 is 0. The third-order valence-electron chi connectivity index (χ3n) is 7.66. The van der Waals surface area contributed by atoms with Gasteiger partial charge < -0.3 is 10.4 Å². The van der Waals surface area contributed by atoms with Gasteiger partial charge in [0.05, 0.1) is 0 Å². The lowest BCUT2D eigenvalue weighted by atomic mass is 9.52. The third-order valence-corrected chi connectivity index (χ3v) is 7.66. The minimum absolute atomic E-state index is 0.327. The van der Waals surface area contributed by atoms with Crippen molar-refractivity contribution in [3.05, 3.63) is 59.7 Å². The first-order chi connectivity index (χ1) is 13.8. The van der Waals surface area contributed by atoms with Gasteiger partial charge in [0.2, 0.25) is 0 Å². The predicted octanol–water partition coefficient (Wildman–Crippen LogP) is 4.95. The number of phenols is 1. The van der Waals surface area contributed by atoms with E-state index in [9.17, 15) is 5.11 Å². The summed E-state index contributed by atoms with van der Waals surface area (Å²) in [5.74, 6) is 1.22. The van der Waals surface area contributed by atoms with Crippen molar-refractivity contribution in [1.82, 2.24) is 4.90 Å². The average Bonchev–Trinajstić information content (AvgIpc) is 2.74. The summed E-state index contributed by atoms with van der Waals surface area (Å²) in [4.78, 5) is 2.79. The highest BCUT2D eigenvalue weighted by atomic mass is 16.3. The number of piperidine rings is 1. The van der Waals surface area contributed by atoms with Gasteiger partial charge in [-0.3, -0.25) is 4.90 Å². The second-order valence-corrected chi connectivity index (χ2v) is 9.05. The molecule has 2 bridgehead atoms. The number of aromatic hydroxyl groups is 1. The fourth-order valence-electron chi connectivity index (χ4n) is 6.42. The van der Waals surface area contributed by atoms with E-state index in [0.29, 0.717) is 17.2 Å². The molecule has 2 aliphatic carbocycles. The molecule has 0 spiro atoms. The molecule has 0 unspecified atom stereocenters. The maximum absolute atomic E-state index is 10.1. The Morgan fingerprint density at radius 1 is 1.07 bits per heavy atom. The molecule has 3 heteroatoms. The highest BCUT2D eigenvalue weighted by Crippen LogP contribution is 2.56. The Hall–Kier alpha value is -2.00. The van der Waals surface area contributed by atoms with Gasteiger partial charge in [0.1, 0.15) is 5.75 Å². The van der Waals surface area contributed by atoms with Crippen LogP contribution in [0.4, 0.5) is 5.69 Å². The summed E-state index contributed by atoms with van der Waals surface area (Å²) in [6, 6.07) is 17.4. The maximum atomic E-state index is 10.1. The van der Waals surface area contributed by atoms with E-state index in [2.05, 4.69) is 52.7 Å². The van der Waals surface area contributed by atoms with E-state index in [4.69, 9.17) is 0 Å². The van der Waals surface area contributed by atoms with Crippen molar-refractivity contribution >= 4 is 5.69 Å². The summed E-state index contributed by atoms with van der Waals surface area (Å²) >= 11 is 0. The standard InChI is InChI=1S/C25H32N2O/c28-21-11-10-19-17-24-22-9-4-5-12-25(22,23(19)18-21)13-16-27(24)15-6-14-26-20-7-2-1-3-8-20/h1-3,7-8,10-11,18,22,24,26,28H,4-6,9,12-17H2/t22-,24-,25-/m0/s1. The largest absolute Gasteiger partial charge is 0.508 e. The zero-order chi connectivity index (χ0) is 19.0. The Morgan fingerprint density at radius 3 is 2.86 bits per heavy atom. The van der Waals surface area contributed by atoms with E-state index in [1.807, 2.05) is 6.07 Å². The second-order valence-electron chi connectivity index (χ2n) is 9.05. The summed E-state index contributed by atoms with van der Waals surface area (Å²) in [6.07, 6.45) is 9.00. The molecule has 1 saturated heterocycles. The number of benzene rings is 2. The van der Waals surface area contributed by atoms with E-state index in [1.165, 1.54) is 68.4 Å². The summed E-state index contributed by atoms with van der Waals surface area (Å²) in [7, 11) is 0. The molecule has 1 heterocycles. The molecule has 0 amide bonds. The molecule has 0 radical (unpaired) electrons. The van der Waals surface area contributed by atoms with Crippen molar-refractivity contribution in [3.8, 4) is 5.75 Å². The zero-order valence-electron chi connectivity index (χ0n) is 16.7. The first-order valence-corrected chi connectivity index (χ1v) is 11.1. The third kappa shape index (κ3) is 3.10. The smallest absolute Gasteiger partial charge is 0.115 e. The minimum Gasteiger partial charge on any atom is -0.508 e. The SMILES string of the molecule is Oc1ccc2c(c1)[C@]13CCCC[C@H]1[C@H](C2)N(CCCNc1ccccc1)CC3. The van der Waals surface area contributed by atoms with Crippen molar-refractivity contribution in [2.75, 3.05) is 25.0 Å². The molecule has 1 aliphatic heterocycles. The van der Waals surface area contributed by atoms with Crippen LogP contribution in [0.2, 0.25) is 0 Å². The Morgan fingerprint density at radius 2 is 1.96 bits per heavy atom. The molecule has 3 nitrogen and oxygen atoms in total. The van der Waals surface area contributed by atoms with Crippen molar-refractivity contribution in [3.63, 3.8) is 0 Å². The average molecular weight is 377 g/mol. The van der Waals surface area contributed by atoms with E-state index < -0.39 is 0 Å². The van der Waals surface area contributed by atoms with Crippen LogP contribution >= 0.6 is 0 Å². The number of phenolic OH excluding ortho intramolecular Hbond substituents is 1. The minimum atomic E-state index is 0.327. The highest BCUT2D eigenvalue weighted by molar-refractivity contribution is 5.45. The molecule has 5 rings (SSSR count). The number of rotatable bonds is 5. The molecule has 2 aromatic carbocycles. The molecule has 2 N–H and O–H groups in total. The van der Waals surface area contributed by atoms with E-state index in [1.54, 1.807) is 0 Å². The number of anilines is 1. The first kappa shape index (κ1) is 18.1. The summed E-state index contributed by atoms with van der Waals surface area (Å²) in [6.45, 7) is 3.43. The van der Waals surface area contributed by atoms with Crippen molar-refractivity contribution < 1.29 is 5.11 Å². The number of hydrogen-bond acceptors (Lipinski definition) is 3. The monoisotopic (exact) mass is 376 g/mol. The van der Waals surface area contributed by atoms with Crippen LogP contribution in [-0.4, -0.2) is 35.7 Å². The van der Waals surface area contributed by atoms with Gasteiger partial charge in [-0.05, 0) is 80.0 Å². The molecule has 148 valence electrons. The van der Waals surface area contributed by atoms with Crippen LogP contribution in [0, 0.1) is 5.92 Å². The second kappa shape index (κ2) is 7.44. The van der Waals surface area contributed by atoms with Crippen molar-refractivity contribution in [2.24, 2.45) is 5.92 Å². The van der Waals surface area contributed by atoms with Crippen LogP contribution in [0.3, 0.4) is 0 Å². The highest BCUT2D eigenvalue weighted by Gasteiger charge is 2.53. The maximum Gasteiger partial charge on any atom is 0.115 e. The number of likely N-dealkylation sites (tertiary alicyclic amines) is 1. The molecular weight excluding hydrogens is 344 g/mol. The molecule has 28 heavy (non-hydrogen) atoms. The number of nitrogens with zero attached hydrogens (tertiary/aromatic N) is 1. The van der Waals surface area contributed by atoms with Gasteiger partial charge in [-0.2, -0.15) is 0 Å². The molecule has 3 atom stereocenters. The van der Waals surface area contributed by atoms with Crippen LogP contribution in [0.15, 0.2) is 48.5 Å². The van der Waals surface area contributed by atoms with Gasteiger partial charge in [0.25, 0.3) is 0 Å². The Balaban J connectivity index is 1.30. The van der Waals surface area contributed by atoms with Crippen molar-refractivity contribution in [1.29, 1.82) is 0 Å². The molecular formula is C25H32N2O. The van der Waals surface area contributed by atoms with E-state index in [-0.39, 0.29) is 0 Å². The lowest BCUT2D eigenvalue weighted by Gasteiger charge is -2.59. The van der Waals surface area contributed by atoms with Gasteiger partial charge in [-0.25, -0.2) is 0 Å². The topological polar surface area (TPSA) is 35.5 Å². The van der Waals surface area contributed by atoms with Crippen LogP contribution in [0.25, 0.3) is 0 Å². The molecule has 2 fully saturated rings. The lowest BCUT2D eigenvalue weighted by molar-refractivity contribution is -0.0113. The number of fused-ring (bicyclic) bond motifs is 1. The lowest BCUT2D eigenvalue weighted by Crippen LogP contribution is -2.61. The summed E-state index contributed by atoms with van der Waals surface area (Å²) in [5, 5.41) is 13.7. The van der Waals surface area contributed by atoms with Gasteiger partial charge in [0.15, 0.2) is 0 Å². The quantitative estimate of drug-likeness (QED) is 0.725. The van der Waals surface area contributed by atoms with Gasteiger partial charge in [-0.1, -0.05) is 37.1 Å². The van der Waals surface area contributed by atoms with Gasteiger partial charge in [0, 0.05) is 30.2 Å². The first-order valence-electron chi connectivity index (χ1n) is 11.1. The van der Waals surface area contributed by atoms with E-state index in [0.717, 1.165) is 18.9 Å². The Labute approximate surface area is 168 Å². The van der Waals surface area contributed by atoms with Gasteiger partial charge >= 0.3 is 0 Å². The van der Waals surface area contributed by atoms with Crippen LogP contribution < -0.4 is 5.32 Å². The number of hydrogen-bond donors (Lipinski definition) is 2. The van der Waals surface area contributed by atoms with Crippen LogP contribution in [0.5, 0.6) is 5.75 Å². The van der Waals surface area contributed by atoms with Crippen LogP contribution in [-0.2, 0) is 11.8 Å². The van der Waals surface area contributed by atoms with Gasteiger partial charge in [-0.15, -0.1) is 0 Å². The Kier molecular flexibility index (Phi) is 4.80. The van der Waals surface area contributed by atoms with E-state index >= 15 is 0 Å². The predicted molar refractivity (Wildman–Crippen MR) is 115 cm³/mol. The molecule has 2 aromatic rings. The molecule has 1 saturated carbocycles. The number of nitrogens with one attached hydrogen (secondary N) is 1.